The number of carbonyl (C=O) groups is 2. The van der Waals surface area contributed by atoms with Gasteiger partial charge in [-0.3, -0.25) is 9.59 Å². The standard InChI is InChI=1S/C17H20N2O3S/c1-10-11(2)23-17(15(10)16(18)21)19-14(20)9-6-12-4-7-13(22-3)8-5-12/h4-5,7-8H,6,9H2,1-3H3,(H2,18,21)(H,19,20). The zero-order chi connectivity index (χ0) is 17.0. The van der Waals surface area contributed by atoms with E-state index >= 15 is 0 Å². The Labute approximate surface area is 139 Å². The van der Waals surface area contributed by atoms with Crippen LogP contribution in [-0.4, -0.2) is 18.9 Å². The summed E-state index contributed by atoms with van der Waals surface area (Å²) < 4.78 is 5.10. The maximum atomic E-state index is 12.1. The fourth-order valence-electron chi connectivity index (χ4n) is 2.25. The van der Waals surface area contributed by atoms with Gasteiger partial charge in [-0.2, -0.15) is 0 Å². The Kier molecular flexibility index (Phi) is 5.39. The Hall–Kier alpha value is -2.34. The minimum absolute atomic E-state index is 0.135. The quantitative estimate of drug-likeness (QED) is 0.853. The van der Waals surface area contributed by atoms with Gasteiger partial charge in [0.15, 0.2) is 0 Å². The maximum absolute atomic E-state index is 12.1. The predicted octanol–water partition coefficient (Wildman–Crippen LogP) is 3.04. The molecule has 1 heterocycles. The van der Waals surface area contributed by atoms with Crippen LogP contribution in [0.2, 0.25) is 0 Å². The molecule has 1 aromatic carbocycles. The number of aryl methyl sites for hydroxylation is 2. The molecule has 0 spiro atoms. The number of carbonyl (C=O) groups excluding carboxylic acids is 2. The van der Waals surface area contributed by atoms with Gasteiger partial charge in [0.1, 0.15) is 10.8 Å². The highest BCUT2D eigenvalue weighted by atomic mass is 32.1. The Morgan fingerprint density at radius 3 is 2.43 bits per heavy atom. The maximum Gasteiger partial charge on any atom is 0.251 e. The fourth-order valence-corrected chi connectivity index (χ4v) is 3.33. The van der Waals surface area contributed by atoms with E-state index in [9.17, 15) is 9.59 Å². The van der Waals surface area contributed by atoms with Crippen molar-refractivity contribution in [1.29, 1.82) is 0 Å². The molecule has 0 aliphatic heterocycles. The van der Waals surface area contributed by atoms with Crippen LogP contribution in [0.4, 0.5) is 5.00 Å². The number of benzene rings is 1. The summed E-state index contributed by atoms with van der Waals surface area (Å²) in [5.74, 6) is 0.135. The average molecular weight is 332 g/mol. The number of anilines is 1. The molecule has 5 nitrogen and oxygen atoms in total. The number of thiophene rings is 1. The van der Waals surface area contributed by atoms with Gasteiger partial charge >= 0.3 is 0 Å². The Morgan fingerprint density at radius 1 is 1.22 bits per heavy atom. The monoisotopic (exact) mass is 332 g/mol. The Balaban J connectivity index is 1.99. The highest BCUT2D eigenvalue weighted by Gasteiger charge is 2.18. The zero-order valence-corrected chi connectivity index (χ0v) is 14.3. The molecule has 0 aliphatic rings. The van der Waals surface area contributed by atoms with Gasteiger partial charge < -0.3 is 15.8 Å². The van der Waals surface area contributed by atoms with Gasteiger partial charge in [0.05, 0.1) is 12.7 Å². The summed E-state index contributed by atoms with van der Waals surface area (Å²) in [4.78, 5) is 24.6. The van der Waals surface area contributed by atoms with Gasteiger partial charge in [-0.05, 0) is 43.5 Å². The van der Waals surface area contributed by atoms with Crippen molar-refractivity contribution < 1.29 is 14.3 Å². The van der Waals surface area contributed by atoms with Crippen LogP contribution in [0.5, 0.6) is 5.75 Å². The molecule has 3 N–H and O–H groups in total. The van der Waals surface area contributed by atoms with Gasteiger partial charge in [-0.25, -0.2) is 0 Å². The first kappa shape index (κ1) is 17.0. The molecule has 6 heteroatoms. The van der Waals surface area contributed by atoms with Crippen LogP contribution in [0.15, 0.2) is 24.3 Å². The van der Waals surface area contributed by atoms with Crippen LogP contribution in [-0.2, 0) is 11.2 Å². The first-order valence-corrected chi connectivity index (χ1v) is 8.06. The molecular weight excluding hydrogens is 312 g/mol. The number of hydrogen-bond acceptors (Lipinski definition) is 4. The van der Waals surface area contributed by atoms with Crippen LogP contribution < -0.4 is 15.8 Å². The Morgan fingerprint density at radius 2 is 1.87 bits per heavy atom. The van der Waals surface area contributed by atoms with Gasteiger partial charge in [-0.15, -0.1) is 11.3 Å². The van der Waals surface area contributed by atoms with Crippen molar-refractivity contribution in [3.05, 3.63) is 45.8 Å². The normalized spacial score (nSPS) is 10.4. The fraction of sp³-hybridized carbons (Fsp3) is 0.294. The van der Waals surface area contributed by atoms with Crippen molar-refractivity contribution in [2.75, 3.05) is 12.4 Å². The number of nitrogens with one attached hydrogen (secondary N) is 1. The van der Waals surface area contributed by atoms with E-state index in [1.807, 2.05) is 38.1 Å². The van der Waals surface area contributed by atoms with Crippen LogP contribution in [0.25, 0.3) is 0 Å². The molecule has 122 valence electrons. The third kappa shape index (κ3) is 4.10. The number of methoxy groups -OCH3 is 1. The zero-order valence-electron chi connectivity index (χ0n) is 13.4. The van der Waals surface area contributed by atoms with Gasteiger partial charge in [0.2, 0.25) is 5.91 Å². The van der Waals surface area contributed by atoms with Crippen molar-refractivity contribution in [2.24, 2.45) is 5.73 Å². The molecule has 2 aromatic rings. The molecular formula is C17H20N2O3S. The molecule has 23 heavy (non-hydrogen) atoms. The number of primary amides is 1. The lowest BCUT2D eigenvalue weighted by Gasteiger charge is -2.06. The summed E-state index contributed by atoms with van der Waals surface area (Å²) >= 11 is 1.37. The van der Waals surface area contributed by atoms with E-state index in [1.165, 1.54) is 11.3 Å². The van der Waals surface area contributed by atoms with Gasteiger partial charge in [-0.1, -0.05) is 12.1 Å². The largest absolute Gasteiger partial charge is 0.497 e. The summed E-state index contributed by atoms with van der Waals surface area (Å²) in [5, 5.41) is 3.33. The third-order valence-electron chi connectivity index (χ3n) is 3.68. The molecule has 1 aromatic heterocycles. The van der Waals surface area contributed by atoms with E-state index in [4.69, 9.17) is 10.5 Å². The summed E-state index contributed by atoms with van der Waals surface area (Å²) in [6.07, 6.45) is 0.950. The average Bonchev–Trinajstić information content (AvgIpc) is 2.80. The van der Waals surface area contributed by atoms with Crippen molar-refractivity contribution >= 4 is 28.2 Å². The minimum Gasteiger partial charge on any atom is -0.497 e. The van der Waals surface area contributed by atoms with Gasteiger partial charge in [0.25, 0.3) is 5.91 Å². The topological polar surface area (TPSA) is 81.4 Å². The molecule has 2 rings (SSSR count). The van der Waals surface area contributed by atoms with Crippen LogP contribution in [0.1, 0.15) is 32.8 Å². The van der Waals surface area contributed by atoms with E-state index in [1.54, 1.807) is 7.11 Å². The second-order valence-corrected chi connectivity index (χ2v) is 6.47. The first-order chi connectivity index (χ1) is 10.9. The summed E-state index contributed by atoms with van der Waals surface area (Å²) in [5.41, 5.74) is 7.69. The number of rotatable bonds is 6. The third-order valence-corrected chi connectivity index (χ3v) is 4.81. The van der Waals surface area contributed by atoms with Gasteiger partial charge in [0, 0.05) is 11.3 Å². The second kappa shape index (κ2) is 7.28. The van der Waals surface area contributed by atoms with Crippen molar-refractivity contribution in [2.45, 2.75) is 26.7 Å². The molecule has 2 amide bonds. The van der Waals surface area contributed by atoms with E-state index < -0.39 is 5.91 Å². The van der Waals surface area contributed by atoms with Crippen molar-refractivity contribution in [1.82, 2.24) is 0 Å². The Bertz CT molecular complexity index is 720. The molecule has 0 saturated heterocycles. The molecule has 0 aliphatic carbocycles. The molecule has 0 atom stereocenters. The highest BCUT2D eigenvalue weighted by Crippen LogP contribution is 2.32. The lowest BCUT2D eigenvalue weighted by molar-refractivity contribution is -0.116. The van der Waals surface area contributed by atoms with Crippen LogP contribution in [0.3, 0.4) is 0 Å². The molecule has 0 radical (unpaired) electrons. The van der Waals surface area contributed by atoms with Crippen LogP contribution in [0, 0.1) is 13.8 Å². The minimum atomic E-state index is -0.516. The van der Waals surface area contributed by atoms with Crippen molar-refractivity contribution in [3.63, 3.8) is 0 Å². The predicted molar refractivity (Wildman–Crippen MR) is 92.3 cm³/mol. The van der Waals surface area contributed by atoms with Crippen LogP contribution >= 0.6 is 11.3 Å². The number of amides is 2. The number of ether oxygens (including phenoxy) is 1. The summed E-state index contributed by atoms with van der Waals surface area (Å²) in [7, 11) is 1.61. The number of hydrogen-bond donors (Lipinski definition) is 2. The van der Waals surface area contributed by atoms with E-state index in [-0.39, 0.29) is 5.91 Å². The van der Waals surface area contributed by atoms with E-state index in [2.05, 4.69) is 5.32 Å². The SMILES string of the molecule is COc1ccc(CCC(=O)Nc2sc(C)c(C)c2C(N)=O)cc1. The first-order valence-electron chi connectivity index (χ1n) is 7.25. The summed E-state index contributed by atoms with van der Waals surface area (Å²) in [6.45, 7) is 3.73. The molecule has 0 bridgehead atoms. The second-order valence-electron chi connectivity index (χ2n) is 5.25. The van der Waals surface area contributed by atoms with Crippen molar-refractivity contribution in [3.8, 4) is 5.75 Å². The lowest BCUT2D eigenvalue weighted by Crippen LogP contribution is -2.17. The lowest BCUT2D eigenvalue weighted by atomic mass is 10.1. The molecule has 0 unspecified atom stereocenters. The highest BCUT2D eigenvalue weighted by molar-refractivity contribution is 7.16. The smallest absolute Gasteiger partial charge is 0.251 e. The molecule has 0 saturated carbocycles. The molecule has 0 fully saturated rings. The number of nitrogens with two attached hydrogens (primary N) is 1. The van der Waals surface area contributed by atoms with E-state index in [0.29, 0.717) is 23.4 Å². The van der Waals surface area contributed by atoms with E-state index in [0.717, 1.165) is 21.8 Å². The summed E-state index contributed by atoms with van der Waals surface area (Å²) in [6, 6.07) is 7.59.